The number of piperidine rings is 1. The van der Waals surface area contributed by atoms with Crippen LogP contribution in [0.15, 0.2) is 65.6 Å². The Kier molecular flexibility index (Phi) is 7.63. The van der Waals surface area contributed by atoms with Crippen molar-refractivity contribution >= 4 is 23.3 Å². The largest absolute Gasteiger partial charge is 0.493 e. The van der Waals surface area contributed by atoms with Crippen molar-refractivity contribution in [3.05, 3.63) is 67.0 Å². The lowest BCUT2D eigenvalue weighted by Crippen LogP contribution is -2.35. The molecule has 2 N–H and O–H groups in total. The molecule has 2 heterocycles. The van der Waals surface area contributed by atoms with E-state index in [9.17, 15) is 0 Å². The van der Waals surface area contributed by atoms with Gasteiger partial charge in [-0.2, -0.15) is 0 Å². The van der Waals surface area contributed by atoms with Gasteiger partial charge in [-0.05, 0) is 56.0 Å². The van der Waals surface area contributed by atoms with Gasteiger partial charge in [-0.25, -0.2) is 0 Å². The molecule has 1 saturated heterocycles. The average molecular weight is 408 g/mol. The van der Waals surface area contributed by atoms with Crippen LogP contribution in [0.1, 0.15) is 25.0 Å². The second kappa shape index (κ2) is 10.6. The van der Waals surface area contributed by atoms with E-state index in [1.165, 1.54) is 5.57 Å². The van der Waals surface area contributed by atoms with E-state index in [-0.39, 0.29) is 11.7 Å². The molecule has 30 heavy (non-hydrogen) atoms. The summed E-state index contributed by atoms with van der Waals surface area (Å²) in [6.45, 7) is 11.5. The van der Waals surface area contributed by atoms with E-state index in [0.29, 0.717) is 24.5 Å². The summed E-state index contributed by atoms with van der Waals surface area (Å²) in [5.41, 5.74) is 1.92. The fraction of sp³-hybridized carbons (Fsp3) is 0.333. The second-order valence-electron chi connectivity index (χ2n) is 7.27. The van der Waals surface area contributed by atoms with Crippen LogP contribution in [0, 0.1) is 16.7 Å². The van der Waals surface area contributed by atoms with Gasteiger partial charge in [0.1, 0.15) is 11.3 Å². The molecule has 2 aromatic rings. The van der Waals surface area contributed by atoms with E-state index in [1.807, 2.05) is 30.4 Å². The van der Waals surface area contributed by atoms with Gasteiger partial charge in [-0.3, -0.25) is 10.8 Å². The van der Waals surface area contributed by atoms with Gasteiger partial charge in [0.05, 0.1) is 12.0 Å². The molecule has 6 heteroatoms. The first-order chi connectivity index (χ1) is 14.7. The van der Waals surface area contributed by atoms with Crippen molar-refractivity contribution < 1.29 is 13.9 Å². The van der Waals surface area contributed by atoms with E-state index >= 15 is 0 Å². The summed E-state index contributed by atoms with van der Waals surface area (Å²) in [5, 5.41) is 15.5. The van der Waals surface area contributed by atoms with Crippen LogP contribution in [0.25, 0.3) is 11.0 Å². The highest BCUT2D eigenvalue weighted by Gasteiger charge is 2.20. The molecule has 0 spiro atoms. The molecule has 0 radical (unpaired) electrons. The summed E-state index contributed by atoms with van der Waals surface area (Å²) in [6.07, 6.45) is 9.81. The Morgan fingerprint density at radius 1 is 1.27 bits per heavy atom. The standard InChI is InChI=1S/C24H29N3O3/c1-3-7-18(4-2)19-10-13-27(14-11-19)12-6-15-28-21-8-5-9-22-20(21)16-23(30-22)24(26)29-17-25/h3-5,7-9,16-17,19,25-26H,1-2,6,10-15H2/b18-7+,25-17?,26-24?. The summed E-state index contributed by atoms with van der Waals surface area (Å²) in [7, 11) is 0. The van der Waals surface area contributed by atoms with Gasteiger partial charge in [-0.1, -0.05) is 37.5 Å². The smallest absolute Gasteiger partial charge is 0.256 e. The van der Waals surface area contributed by atoms with Crippen molar-refractivity contribution in [3.8, 4) is 5.75 Å². The first kappa shape index (κ1) is 21.6. The molecule has 0 amide bonds. The molecule has 3 rings (SSSR count). The van der Waals surface area contributed by atoms with Crippen molar-refractivity contribution in [2.75, 3.05) is 26.2 Å². The Bertz CT molecular complexity index is 936. The minimum absolute atomic E-state index is 0.196. The molecule has 1 fully saturated rings. The third kappa shape index (κ3) is 5.27. The summed E-state index contributed by atoms with van der Waals surface area (Å²) in [5.74, 6) is 1.39. The number of hydrogen-bond acceptors (Lipinski definition) is 6. The highest BCUT2D eigenvalue weighted by atomic mass is 16.5. The third-order valence-electron chi connectivity index (χ3n) is 5.40. The zero-order valence-corrected chi connectivity index (χ0v) is 17.2. The second-order valence-corrected chi connectivity index (χ2v) is 7.27. The molecule has 0 aliphatic carbocycles. The summed E-state index contributed by atoms with van der Waals surface area (Å²) >= 11 is 0. The van der Waals surface area contributed by atoms with Crippen LogP contribution in [0.3, 0.4) is 0 Å². The Morgan fingerprint density at radius 2 is 2.07 bits per heavy atom. The zero-order valence-electron chi connectivity index (χ0n) is 17.2. The molecule has 0 unspecified atom stereocenters. The van der Waals surface area contributed by atoms with Crippen molar-refractivity contribution in [2.45, 2.75) is 19.3 Å². The van der Waals surface area contributed by atoms with Crippen LogP contribution in [-0.4, -0.2) is 43.4 Å². The van der Waals surface area contributed by atoms with Crippen molar-refractivity contribution in [1.29, 1.82) is 10.8 Å². The highest BCUT2D eigenvalue weighted by molar-refractivity contribution is 5.98. The quantitative estimate of drug-likeness (QED) is 0.247. The fourth-order valence-corrected chi connectivity index (χ4v) is 3.86. The Balaban J connectivity index is 1.48. The lowest BCUT2D eigenvalue weighted by Gasteiger charge is -2.32. The molecule has 1 aliphatic rings. The van der Waals surface area contributed by atoms with Crippen molar-refractivity contribution in [1.82, 2.24) is 4.90 Å². The van der Waals surface area contributed by atoms with Crippen LogP contribution in [0.4, 0.5) is 0 Å². The fourth-order valence-electron chi connectivity index (χ4n) is 3.86. The van der Waals surface area contributed by atoms with Gasteiger partial charge < -0.3 is 18.8 Å². The number of nitrogens with zero attached hydrogens (tertiary/aromatic N) is 1. The van der Waals surface area contributed by atoms with Crippen LogP contribution in [0.2, 0.25) is 0 Å². The van der Waals surface area contributed by atoms with Gasteiger partial charge in [0.15, 0.2) is 12.2 Å². The van der Waals surface area contributed by atoms with Gasteiger partial charge in [0, 0.05) is 12.6 Å². The minimum Gasteiger partial charge on any atom is -0.493 e. The lowest BCUT2D eigenvalue weighted by molar-refractivity contribution is 0.184. The number of benzene rings is 1. The number of nitrogens with one attached hydrogen (secondary N) is 2. The predicted octanol–water partition coefficient (Wildman–Crippen LogP) is 5.16. The van der Waals surface area contributed by atoms with Gasteiger partial charge in [0.2, 0.25) is 0 Å². The number of hydrogen-bond donors (Lipinski definition) is 2. The van der Waals surface area contributed by atoms with Crippen LogP contribution >= 0.6 is 0 Å². The van der Waals surface area contributed by atoms with E-state index in [1.54, 1.807) is 6.07 Å². The van der Waals surface area contributed by atoms with Crippen molar-refractivity contribution in [3.63, 3.8) is 0 Å². The molecule has 0 saturated carbocycles. The average Bonchev–Trinajstić information content (AvgIpc) is 3.21. The first-order valence-electron chi connectivity index (χ1n) is 10.2. The number of ether oxygens (including phenoxy) is 2. The van der Waals surface area contributed by atoms with Gasteiger partial charge in [0.25, 0.3) is 5.90 Å². The Labute approximate surface area is 177 Å². The summed E-state index contributed by atoms with van der Waals surface area (Å²) in [4.78, 5) is 2.49. The minimum atomic E-state index is -0.196. The molecule has 158 valence electrons. The predicted molar refractivity (Wildman–Crippen MR) is 121 cm³/mol. The number of likely N-dealkylation sites (tertiary alicyclic amines) is 1. The van der Waals surface area contributed by atoms with E-state index in [4.69, 9.17) is 24.7 Å². The molecular formula is C24H29N3O3. The van der Waals surface area contributed by atoms with E-state index in [0.717, 1.165) is 50.0 Å². The number of rotatable bonds is 10. The van der Waals surface area contributed by atoms with Gasteiger partial charge in [-0.15, -0.1) is 0 Å². The molecule has 1 aromatic heterocycles. The van der Waals surface area contributed by atoms with Crippen LogP contribution in [0.5, 0.6) is 5.75 Å². The zero-order chi connectivity index (χ0) is 21.3. The number of allylic oxidation sites excluding steroid dienone is 4. The maximum Gasteiger partial charge on any atom is 0.256 e. The number of furan rings is 1. The van der Waals surface area contributed by atoms with Crippen LogP contribution in [-0.2, 0) is 4.74 Å². The first-order valence-corrected chi connectivity index (χ1v) is 10.2. The van der Waals surface area contributed by atoms with E-state index < -0.39 is 0 Å². The molecule has 1 aliphatic heterocycles. The van der Waals surface area contributed by atoms with Gasteiger partial charge >= 0.3 is 0 Å². The molecule has 1 aromatic carbocycles. The Hall–Kier alpha value is -3.12. The Morgan fingerprint density at radius 3 is 2.77 bits per heavy atom. The lowest BCUT2D eigenvalue weighted by atomic mass is 9.88. The normalized spacial score (nSPS) is 15.7. The van der Waals surface area contributed by atoms with Crippen molar-refractivity contribution in [2.24, 2.45) is 5.92 Å². The summed E-state index contributed by atoms with van der Waals surface area (Å²) < 4.78 is 16.4. The monoisotopic (exact) mass is 407 g/mol. The summed E-state index contributed by atoms with van der Waals surface area (Å²) in [6, 6.07) is 7.31. The van der Waals surface area contributed by atoms with Crippen LogP contribution < -0.4 is 4.74 Å². The topological polar surface area (TPSA) is 82.5 Å². The maximum atomic E-state index is 7.76. The highest BCUT2D eigenvalue weighted by Crippen LogP contribution is 2.29. The molecular weight excluding hydrogens is 378 g/mol. The van der Waals surface area contributed by atoms with E-state index in [2.05, 4.69) is 24.1 Å². The maximum absolute atomic E-state index is 7.76. The number of fused-ring (bicyclic) bond motifs is 1. The molecule has 6 nitrogen and oxygen atoms in total. The SMILES string of the molecule is C=C/C=C(\C=C)C1CCN(CCCOc2cccc3oc(C(=N)OC=N)cc23)CC1. The third-order valence-corrected chi connectivity index (χ3v) is 5.40. The molecule has 0 atom stereocenters. The molecule has 0 bridgehead atoms.